The molecule has 0 fully saturated rings. The lowest BCUT2D eigenvalue weighted by molar-refractivity contribution is -0.384. The third kappa shape index (κ3) is 3.91. The number of hydrogen-bond donors (Lipinski definition) is 2. The number of H-pyrrole nitrogens is 1. The summed E-state index contributed by atoms with van der Waals surface area (Å²) in [6, 6.07) is 17.0. The Labute approximate surface area is 174 Å². The smallest absolute Gasteiger partial charge is 0.270 e. The highest BCUT2D eigenvalue weighted by Crippen LogP contribution is 2.25. The molecule has 0 radical (unpaired) electrons. The van der Waals surface area contributed by atoms with Crippen LogP contribution >= 0.6 is 11.8 Å². The van der Waals surface area contributed by atoms with Gasteiger partial charge in [0.15, 0.2) is 5.78 Å². The highest BCUT2D eigenvalue weighted by molar-refractivity contribution is 7.99. The van der Waals surface area contributed by atoms with Crippen molar-refractivity contribution < 1.29 is 9.72 Å². The summed E-state index contributed by atoms with van der Waals surface area (Å²) in [7, 11) is 0. The Kier molecular flexibility index (Phi) is 5.26. The fourth-order valence-electron chi connectivity index (χ4n) is 2.76. The maximum absolute atomic E-state index is 12.4. The number of carbonyl (C=O) groups is 1. The van der Waals surface area contributed by atoms with E-state index >= 15 is 0 Å². The summed E-state index contributed by atoms with van der Waals surface area (Å²) in [6.07, 6.45) is 0. The number of nitrogen functional groups attached to an aromatic ring is 1. The lowest BCUT2D eigenvalue weighted by atomic mass is 10.1. The van der Waals surface area contributed by atoms with E-state index in [1.807, 2.05) is 36.4 Å². The molecule has 0 aliphatic carbocycles. The Balaban J connectivity index is 1.48. The molecule has 0 unspecified atom stereocenters. The topological polar surface area (TPSA) is 146 Å². The predicted octanol–water partition coefficient (Wildman–Crippen LogP) is 2.93. The van der Waals surface area contributed by atoms with Gasteiger partial charge >= 0.3 is 0 Å². The maximum atomic E-state index is 12.4. The summed E-state index contributed by atoms with van der Waals surface area (Å²) in [4.78, 5) is 22.7. The van der Waals surface area contributed by atoms with Crippen LogP contribution in [0.3, 0.4) is 0 Å². The molecule has 0 saturated carbocycles. The van der Waals surface area contributed by atoms with Crippen molar-refractivity contribution in [3.63, 3.8) is 0 Å². The van der Waals surface area contributed by atoms with Crippen LogP contribution in [-0.4, -0.2) is 41.5 Å². The summed E-state index contributed by atoms with van der Waals surface area (Å²) in [5, 5.41) is 26.5. The quantitative estimate of drug-likeness (QED) is 0.152. The SMILES string of the molecule is Nn1c(SCC(=O)c2cccc([N+](=O)[O-])c2)nnc1-c1cc(-c2ccccc2)n[nH]1. The fourth-order valence-corrected chi connectivity index (χ4v) is 3.51. The summed E-state index contributed by atoms with van der Waals surface area (Å²) >= 11 is 1.09. The van der Waals surface area contributed by atoms with E-state index in [1.165, 1.54) is 28.9 Å². The number of benzene rings is 2. The summed E-state index contributed by atoms with van der Waals surface area (Å²) in [5.41, 5.74) is 2.38. The molecule has 10 nitrogen and oxygen atoms in total. The van der Waals surface area contributed by atoms with Gasteiger partial charge in [0.25, 0.3) is 5.69 Å². The van der Waals surface area contributed by atoms with Crippen molar-refractivity contribution in [1.29, 1.82) is 0 Å². The molecule has 2 heterocycles. The lowest BCUT2D eigenvalue weighted by Crippen LogP contribution is -2.13. The molecule has 3 N–H and O–H groups in total. The van der Waals surface area contributed by atoms with E-state index in [0.29, 0.717) is 16.7 Å². The standard InChI is InChI=1S/C19H15N7O3S/c20-25-18(16-10-15(21-22-16)12-5-2-1-3-6-12)23-24-19(25)30-11-17(27)13-7-4-8-14(9-13)26(28)29/h1-10H,11,20H2,(H,21,22). The summed E-state index contributed by atoms with van der Waals surface area (Å²) < 4.78 is 1.27. The van der Waals surface area contributed by atoms with Crippen LogP contribution in [0.2, 0.25) is 0 Å². The summed E-state index contributed by atoms with van der Waals surface area (Å²) in [6.45, 7) is 0. The fraction of sp³-hybridized carbons (Fsp3) is 0.0526. The van der Waals surface area contributed by atoms with Gasteiger partial charge < -0.3 is 5.84 Å². The Morgan fingerprint density at radius 1 is 1.13 bits per heavy atom. The van der Waals surface area contributed by atoms with Gasteiger partial charge in [-0.15, -0.1) is 10.2 Å². The van der Waals surface area contributed by atoms with E-state index in [0.717, 1.165) is 23.0 Å². The molecule has 30 heavy (non-hydrogen) atoms. The molecule has 0 spiro atoms. The van der Waals surface area contributed by atoms with Gasteiger partial charge in [-0.3, -0.25) is 20.0 Å². The minimum absolute atomic E-state index is 0.00867. The second-order valence-electron chi connectivity index (χ2n) is 6.23. The third-order valence-electron chi connectivity index (χ3n) is 4.26. The lowest BCUT2D eigenvalue weighted by Gasteiger charge is -2.02. The van der Waals surface area contributed by atoms with Crippen LogP contribution in [0.5, 0.6) is 0 Å². The van der Waals surface area contributed by atoms with Crippen LogP contribution in [0.25, 0.3) is 22.8 Å². The second-order valence-corrected chi connectivity index (χ2v) is 7.17. The zero-order valence-corrected chi connectivity index (χ0v) is 16.2. The number of nitrogens with one attached hydrogen (secondary N) is 1. The van der Waals surface area contributed by atoms with Crippen LogP contribution in [0.15, 0.2) is 65.8 Å². The molecule has 2 aromatic carbocycles. The molecule has 0 atom stereocenters. The molecule has 150 valence electrons. The van der Waals surface area contributed by atoms with Crippen molar-refractivity contribution in [2.45, 2.75) is 5.16 Å². The molecule has 2 aromatic heterocycles. The molecule has 11 heteroatoms. The van der Waals surface area contributed by atoms with Gasteiger partial charge in [0, 0.05) is 23.3 Å². The Bertz CT molecular complexity index is 1220. The number of nitro benzene ring substituents is 1. The first-order valence-electron chi connectivity index (χ1n) is 8.75. The number of Topliss-reactive ketones (excluding diaryl/α,β-unsaturated/α-hetero) is 1. The number of carbonyl (C=O) groups excluding carboxylic acids is 1. The highest BCUT2D eigenvalue weighted by Gasteiger charge is 2.17. The normalized spacial score (nSPS) is 10.8. The zero-order chi connectivity index (χ0) is 21.1. The maximum Gasteiger partial charge on any atom is 0.270 e. The van der Waals surface area contributed by atoms with Gasteiger partial charge in [-0.05, 0) is 6.07 Å². The van der Waals surface area contributed by atoms with Gasteiger partial charge in [-0.2, -0.15) is 5.10 Å². The largest absolute Gasteiger partial charge is 0.335 e. The number of thioether (sulfide) groups is 1. The van der Waals surface area contributed by atoms with Gasteiger partial charge in [0.05, 0.1) is 16.4 Å². The zero-order valence-electron chi connectivity index (χ0n) is 15.4. The Morgan fingerprint density at radius 2 is 1.93 bits per heavy atom. The Morgan fingerprint density at radius 3 is 2.70 bits per heavy atom. The molecular formula is C19H15N7O3S. The van der Waals surface area contributed by atoms with Crippen LogP contribution in [0.4, 0.5) is 5.69 Å². The van der Waals surface area contributed by atoms with Crippen molar-refractivity contribution in [3.8, 4) is 22.8 Å². The first-order chi connectivity index (χ1) is 14.5. The average molecular weight is 421 g/mol. The summed E-state index contributed by atoms with van der Waals surface area (Å²) in [5.74, 6) is 6.20. The van der Waals surface area contributed by atoms with Crippen LogP contribution in [-0.2, 0) is 0 Å². The number of hydrogen-bond acceptors (Lipinski definition) is 8. The number of non-ortho nitro benzene ring substituents is 1. The number of aromatic amines is 1. The van der Waals surface area contributed by atoms with Crippen molar-refractivity contribution in [2.24, 2.45) is 0 Å². The van der Waals surface area contributed by atoms with E-state index in [4.69, 9.17) is 5.84 Å². The molecule has 4 aromatic rings. The number of rotatable bonds is 7. The van der Waals surface area contributed by atoms with Crippen molar-refractivity contribution >= 4 is 23.2 Å². The van der Waals surface area contributed by atoms with Crippen molar-refractivity contribution in [1.82, 2.24) is 25.1 Å². The molecule has 0 bridgehead atoms. The van der Waals surface area contributed by atoms with Gasteiger partial charge in [-0.25, -0.2) is 4.68 Å². The second kappa shape index (κ2) is 8.17. The van der Waals surface area contributed by atoms with E-state index in [1.54, 1.807) is 0 Å². The van der Waals surface area contributed by atoms with Crippen LogP contribution in [0.1, 0.15) is 10.4 Å². The number of aromatic nitrogens is 5. The van der Waals surface area contributed by atoms with E-state index < -0.39 is 4.92 Å². The van der Waals surface area contributed by atoms with E-state index in [-0.39, 0.29) is 22.8 Å². The number of nitrogens with two attached hydrogens (primary N) is 1. The highest BCUT2D eigenvalue weighted by atomic mass is 32.2. The van der Waals surface area contributed by atoms with Crippen molar-refractivity contribution in [2.75, 3.05) is 11.6 Å². The Hall–Kier alpha value is -3.99. The molecule has 0 amide bonds. The minimum atomic E-state index is -0.541. The van der Waals surface area contributed by atoms with Gasteiger partial charge in [-0.1, -0.05) is 54.2 Å². The van der Waals surface area contributed by atoms with Gasteiger partial charge in [0.2, 0.25) is 11.0 Å². The number of nitrogens with zero attached hydrogens (tertiary/aromatic N) is 5. The predicted molar refractivity (Wildman–Crippen MR) is 111 cm³/mol. The first kappa shape index (κ1) is 19.3. The molecule has 0 saturated heterocycles. The number of nitro groups is 1. The first-order valence-corrected chi connectivity index (χ1v) is 9.73. The van der Waals surface area contributed by atoms with Gasteiger partial charge in [0.1, 0.15) is 5.69 Å². The van der Waals surface area contributed by atoms with E-state index in [2.05, 4.69) is 20.4 Å². The third-order valence-corrected chi connectivity index (χ3v) is 5.21. The molecule has 0 aliphatic heterocycles. The molecule has 4 rings (SSSR count). The van der Waals surface area contributed by atoms with E-state index in [9.17, 15) is 14.9 Å². The number of ketones is 1. The molecular weight excluding hydrogens is 406 g/mol. The van der Waals surface area contributed by atoms with Crippen LogP contribution in [0, 0.1) is 10.1 Å². The monoisotopic (exact) mass is 421 g/mol. The average Bonchev–Trinajstić information content (AvgIpc) is 3.39. The molecule has 0 aliphatic rings. The minimum Gasteiger partial charge on any atom is -0.335 e. The van der Waals surface area contributed by atoms with Crippen LogP contribution < -0.4 is 5.84 Å². The van der Waals surface area contributed by atoms with Crippen molar-refractivity contribution in [3.05, 3.63) is 76.3 Å².